The first-order valence-corrected chi connectivity index (χ1v) is 7.65. The summed E-state index contributed by atoms with van der Waals surface area (Å²) in [7, 11) is 1.59. The molecule has 2 aromatic rings. The van der Waals surface area contributed by atoms with Gasteiger partial charge in [-0.3, -0.25) is 9.59 Å². The van der Waals surface area contributed by atoms with E-state index in [0.29, 0.717) is 18.7 Å². The van der Waals surface area contributed by atoms with E-state index in [4.69, 9.17) is 4.74 Å². The van der Waals surface area contributed by atoms with Crippen molar-refractivity contribution >= 4 is 22.6 Å². The highest BCUT2D eigenvalue weighted by molar-refractivity contribution is 5.98. The van der Waals surface area contributed by atoms with Crippen molar-refractivity contribution in [2.75, 3.05) is 20.3 Å². The minimum absolute atomic E-state index is 0.0383. The van der Waals surface area contributed by atoms with Crippen LogP contribution in [0.4, 0.5) is 0 Å². The van der Waals surface area contributed by atoms with Gasteiger partial charge < -0.3 is 15.4 Å². The highest BCUT2D eigenvalue weighted by Gasteiger charge is 2.09. The first-order chi connectivity index (χ1) is 11.1. The second kappa shape index (κ2) is 8.29. The van der Waals surface area contributed by atoms with Crippen molar-refractivity contribution in [3.05, 3.63) is 48.0 Å². The molecule has 0 saturated carbocycles. The van der Waals surface area contributed by atoms with E-state index in [1.165, 1.54) is 0 Å². The zero-order valence-electron chi connectivity index (χ0n) is 13.5. The fraction of sp³-hybridized carbons (Fsp3) is 0.333. The number of carbonyl (C=O) groups excluding carboxylic acids is 2. The number of hydrogen-bond donors (Lipinski definition) is 2. The average molecular weight is 314 g/mol. The van der Waals surface area contributed by atoms with Gasteiger partial charge in [-0.05, 0) is 29.8 Å². The van der Waals surface area contributed by atoms with Gasteiger partial charge in [0.1, 0.15) is 0 Å². The molecule has 0 heterocycles. The molecule has 5 nitrogen and oxygen atoms in total. The standard InChI is InChI=1S/C18H22N2O3/c1-13(12-23-2)20-17(21)9-10-19-18(22)16-8-7-14-5-3-4-6-15(14)11-16/h3-8,11,13H,9-10,12H2,1-2H3,(H,19,22)(H,20,21). The summed E-state index contributed by atoms with van der Waals surface area (Å²) in [5.74, 6) is -0.276. The highest BCUT2D eigenvalue weighted by atomic mass is 16.5. The summed E-state index contributed by atoms with van der Waals surface area (Å²) in [5, 5.41) is 7.68. The molecule has 0 radical (unpaired) electrons. The molecule has 0 spiro atoms. The van der Waals surface area contributed by atoms with Crippen molar-refractivity contribution in [1.82, 2.24) is 10.6 Å². The van der Waals surface area contributed by atoms with Gasteiger partial charge in [-0.1, -0.05) is 30.3 Å². The summed E-state index contributed by atoms with van der Waals surface area (Å²) in [4.78, 5) is 23.8. The Kier molecular flexibility index (Phi) is 6.11. The molecule has 0 aromatic heterocycles. The van der Waals surface area contributed by atoms with Crippen LogP contribution in [0.15, 0.2) is 42.5 Å². The number of benzene rings is 2. The van der Waals surface area contributed by atoms with Crippen LogP contribution in [0.1, 0.15) is 23.7 Å². The van der Waals surface area contributed by atoms with Gasteiger partial charge in [0, 0.05) is 31.7 Å². The molecule has 122 valence electrons. The van der Waals surface area contributed by atoms with E-state index in [-0.39, 0.29) is 24.3 Å². The minimum Gasteiger partial charge on any atom is -0.383 e. The van der Waals surface area contributed by atoms with Gasteiger partial charge in [-0.2, -0.15) is 0 Å². The van der Waals surface area contributed by atoms with Crippen molar-refractivity contribution in [3.63, 3.8) is 0 Å². The van der Waals surface area contributed by atoms with Crippen LogP contribution in [0.5, 0.6) is 0 Å². The average Bonchev–Trinajstić information content (AvgIpc) is 2.54. The Labute approximate surface area is 136 Å². The van der Waals surface area contributed by atoms with Crippen LogP contribution in [0, 0.1) is 0 Å². The highest BCUT2D eigenvalue weighted by Crippen LogP contribution is 2.15. The Hall–Kier alpha value is -2.40. The van der Waals surface area contributed by atoms with Gasteiger partial charge in [0.2, 0.25) is 5.91 Å². The molecule has 5 heteroatoms. The lowest BCUT2D eigenvalue weighted by Crippen LogP contribution is -2.37. The monoisotopic (exact) mass is 314 g/mol. The maximum absolute atomic E-state index is 12.1. The van der Waals surface area contributed by atoms with Gasteiger partial charge in [-0.25, -0.2) is 0 Å². The van der Waals surface area contributed by atoms with Gasteiger partial charge in [-0.15, -0.1) is 0 Å². The molecule has 1 unspecified atom stereocenters. The SMILES string of the molecule is COCC(C)NC(=O)CCNC(=O)c1ccc2ccccc2c1. The van der Waals surface area contributed by atoms with Crippen molar-refractivity contribution in [3.8, 4) is 0 Å². The van der Waals surface area contributed by atoms with E-state index in [1.807, 2.05) is 43.3 Å². The Bertz CT molecular complexity index is 685. The molecule has 0 bridgehead atoms. The number of rotatable bonds is 7. The second-order valence-electron chi connectivity index (χ2n) is 5.49. The van der Waals surface area contributed by atoms with E-state index in [1.54, 1.807) is 13.2 Å². The number of methoxy groups -OCH3 is 1. The number of amides is 2. The van der Waals surface area contributed by atoms with Crippen molar-refractivity contribution in [2.24, 2.45) is 0 Å². The van der Waals surface area contributed by atoms with E-state index in [2.05, 4.69) is 10.6 Å². The van der Waals surface area contributed by atoms with E-state index in [0.717, 1.165) is 10.8 Å². The van der Waals surface area contributed by atoms with E-state index >= 15 is 0 Å². The van der Waals surface area contributed by atoms with Crippen LogP contribution in [-0.2, 0) is 9.53 Å². The summed E-state index contributed by atoms with van der Waals surface area (Å²) >= 11 is 0. The summed E-state index contributed by atoms with van der Waals surface area (Å²) in [6.45, 7) is 2.64. The predicted molar refractivity (Wildman–Crippen MR) is 90.4 cm³/mol. The van der Waals surface area contributed by atoms with Gasteiger partial charge in [0.05, 0.1) is 6.61 Å². The summed E-state index contributed by atoms with van der Waals surface area (Å²) in [6.07, 6.45) is 0.243. The molecule has 0 fully saturated rings. The van der Waals surface area contributed by atoms with Crippen molar-refractivity contribution in [1.29, 1.82) is 0 Å². The van der Waals surface area contributed by atoms with E-state index < -0.39 is 0 Å². The zero-order chi connectivity index (χ0) is 16.7. The molecule has 2 N–H and O–H groups in total. The topological polar surface area (TPSA) is 67.4 Å². The molecular weight excluding hydrogens is 292 g/mol. The van der Waals surface area contributed by atoms with Crippen LogP contribution in [0.2, 0.25) is 0 Å². The first-order valence-electron chi connectivity index (χ1n) is 7.65. The second-order valence-corrected chi connectivity index (χ2v) is 5.49. The quantitative estimate of drug-likeness (QED) is 0.822. The Morgan fingerprint density at radius 1 is 1.13 bits per heavy atom. The van der Waals surface area contributed by atoms with Crippen molar-refractivity contribution < 1.29 is 14.3 Å². The lowest BCUT2D eigenvalue weighted by Gasteiger charge is -2.12. The Balaban J connectivity index is 1.83. The predicted octanol–water partition coefficient (Wildman–Crippen LogP) is 2.11. The lowest BCUT2D eigenvalue weighted by atomic mass is 10.1. The third-order valence-corrected chi connectivity index (χ3v) is 3.47. The summed E-state index contributed by atoms with van der Waals surface area (Å²) in [6, 6.07) is 13.4. The largest absolute Gasteiger partial charge is 0.383 e. The summed E-state index contributed by atoms with van der Waals surface area (Å²) < 4.78 is 4.96. The molecule has 0 saturated heterocycles. The molecular formula is C18H22N2O3. The first kappa shape index (κ1) is 17.0. The third-order valence-electron chi connectivity index (χ3n) is 3.47. The fourth-order valence-corrected chi connectivity index (χ4v) is 2.36. The molecule has 23 heavy (non-hydrogen) atoms. The molecule has 0 aliphatic heterocycles. The molecule has 1 atom stereocenters. The molecule has 2 amide bonds. The van der Waals surface area contributed by atoms with Gasteiger partial charge in [0.15, 0.2) is 0 Å². The maximum atomic E-state index is 12.1. The minimum atomic E-state index is -0.173. The lowest BCUT2D eigenvalue weighted by molar-refractivity contribution is -0.121. The number of carbonyl (C=O) groups is 2. The van der Waals surface area contributed by atoms with Crippen LogP contribution < -0.4 is 10.6 Å². The Morgan fingerprint density at radius 3 is 2.61 bits per heavy atom. The molecule has 0 aliphatic rings. The normalized spacial score (nSPS) is 11.9. The van der Waals surface area contributed by atoms with Crippen molar-refractivity contribution in [2.45, 2.75) is 19.4 Å². The number of fused-ring (bicyclic) bond motifs is 1. The molecule has 2 rings (SSSR count). The van der Waals surface area contributed by atoms with E-state index in [9.17, 15) is 9.59 Å². The van der Waals surface area contributed by atoms with Gasteiger partial charge >= 0.3 is 0 Å². The maximum Gasteiger partial charge on any atom is 0.251 e. The number of hydrogen-bond acceptors (Lipinski definition) is 3. The van der Waals surface area contributed by atoms with Crippen LogP contribution in [0.25, 0.3) is 10.8 Å². The van der Waals surface area contributed by atoms with Crippen LogP contribution >= 0.6 is 0 Å². The number of nitrogens with one attached hydrogen (secondary N) is 2. The zero-order valence-corrected chi connectivity index (χ0v) is 13.5. The fourth-order valence-electron chi connectivity index (χ4n) is 2.36. The summed E-state index contributed by atoms with van der Waals surface area (Å²) in [5.41, 5.74) is 0.594. The van der Waals surface area contributed by atoms with Crippen LogP contribution in [0.3, 0.4) is 0 Å². The Morgan fingerprint density at radius 2 is 1.87 bits per heavy atom. The molecule has 2 aromatic carbocycles. The smallest absolute Gasteiger partial charge is 0.251 e. The van der Waals surface area contributed by atoms with Crippen LogP contribution in [-0.4, -0.2) is 38.1 Å². The number of ether oxygens (including phenoxy) is 1. The molecule has 0 aliphatic carbocycles. The third kappa shape index (κ3) is 5.07. The van der Waals surface area contributed by atoms with Gasteiger partial charge in [0.25, 0.3) is 5.91 Å².